The van der Waals surface area contributed by atoms with E-state index in [9.17, 15) is 0 Å². The first kappa shape index (κ1) is 31.4. The molecule has 4 N–H and O–H groups in total. The van der Waals surface area contributed by atoms with E-state index < -0.39 is 10.4 Å². The van der Waals surface area contributed by atoms with Crippen LogP contribution < -0.4 is 30.7 Å². The van der Waals surface area contributed by atoms with E-state index >= 15 is 0 Å². The Hall–Kier alpha value is -3.55. The van der Waals surface area contributed by atoms with Crippen LogP contribution in [0.4, 0.5) is 0 Å². The summed E-state index contributed by atoms with van der Waals surface area (Å²) in [7, 11) is 5.32. The van der Waals surface area contributed by atoms with E-state index in [4.69, 9.17) is 27.0 Å². The molecule has 0 aliphatic heterocycles. The van der Waals surface area contributed by atoms with Crippen molar-refractivity contribution in [2.24, 2.45) is 9.98 Å². The predicted molar refractivity (Wildman–Crippen MR) is 135 cm³/mol. The number of nitrogens with zero attached hydrogens (tertiary/aromatic N) is 2. The number of rotatable bonds is 6. The summed E-state index contributed by atoms with van der Waals surface area (Å²) in [6.45, 7) is 1.50. The molecular weight excluding hydrogens is 476 g/mol. The molecule has 2 rings (SSSR count). The van der Waals surface area contributed by atoms with Gasteiger partial charge in [-0.1, -0.05) is 24.3 Å². The van der Waals surface area contributed by atoms with Gasteiger partial charge in [-0.15, -0.1) is 0 Å². The van der Waals surface area contributed by atoms with Crippen LogP contribution in [0, 0.1) is 0 Å². The minimum atomic E-state index is -5.17. The quantitative estimate of drug-likeness (QED) is 0.187. The van der Waals surface area contributed by atoms with E-state index in [2.05, 4.69) is 31.3 Å². The van der Waals surface area contributed by atoms with E-state index in [0.29, 0.717) is 0 Å². The van der Waals surface area contributed by atoms with Crippen molar-refractivity contribution < 1.29 is 27.0 Å². The highest BCUT2D eigenvalue weighted by Gasteiger charge is 1.97. The zero-order chi connectivity index (χ0) is 26.7. The van der Waals surface area contributed by atoms with Gasteiger partial charge in [0.25, 0.3) is 0 Å². The molecule has 0 aromatic heterocycles. The van der Waals surface area contributed by atoms with Crippen LogP contribution in [-0.2, 0) is 23.5 Å². The minimum Gasteiger partial charge on any atom is -0.759 e. The number of methoxy groups -OCH3 is 2. The summed E-state index contributed by atoms with van der Waals surface area (Å²) in [5.74, 6) is 3.31. The van der Waals surface area contributed by atoms with Gasteiger partial charge in [0.15, 0.2) is 11.9 Å². The van der Waals surface area contributed by atoms with Gasteiger partial charge in [-0.3, -0.25) is 18.4 Å². The number of aliphatic imine (C=N–C) groups is 2. The lowest BCUT2D eigenvalue weighted by Crippen LogP contribution is -2.33. The SMILES string of the molecule is CN=C(NC)NCc1ccc(OC)cc1.CN=C(NC)NCc1ccc(OC)cc1.O=S(=O)([O-])[O-]. The number of nitrogens with one attached hydrogen (secondary N) is 4. The lowest BCUT2D eigenvalue weighted by Gasteiger charge is -2.08. The second kappa shape index (κ2) is 17.9. The molecule has 0 saturated carbocycles. The average molecular weight is 511 g/mol. The van der Waals surface area contributed by atoms with Crippen molar-refractivity contribution in [3.05, 3.63) is 59.7 Å². The Kier molecular flexibility index (Phi) is 16.1. The number of hydrogen-bond acceptors (Lipinski definition) is 8. The molecule has 35 heavy (non-hydrogen) atoms. The van der Waals surface area contributed by atoms with Crippen molar-refractivity contribution in [1.82, 2.24) is 21.3 Å². The number of hydrogen-bond donors (Lipinski definition) is 4. The summed E-state index contributed by atoms with van der Waals surface area (Å²) in [6, 6.07) is 15.9. The van der Waals surface area contributed by atoms with E-state index in [1.54, 1.807) is 28.3 Å². The lowest BCUT2D eigenvalue weighted by molar-refractivity contribution is 0.352. The molecule has 2 aromatic carbocycles. The molecular formula is C22H34N6O6S-2. The van der Waals surface area contributed by atoms with Gasteiger partial charge in [-0.2, -0.15) is 0 Å². The van der Waals surface area contributed by atoms with Crippen LogP contribution in [0.3, 0.4) is 0 Å². The Morgan fingerprint density at radius 2 is 1.03 bits per heavy atom. The van der Waals surface area contributed by atoms with Crippen molar-refractivity contribution in [2.45, 2.75) is 13.1 Å². The first-order valence-corrected chi connectivity index (χ1v) is 11.6. The minimum absolute atomic E-state index is 0.748. The fourth-order valence-corrected chi connectivity index (χ4v) is 2.42. The highest BCUT2D eigenvalue weighted by molar-refractivity contribution is 7.79. The lowest BCUT2D eigenvalue weighted by atomic mass is 10.2. The van der Waals surface area contributed by atoms with Gasteiger partial charge in [0.05, 0.1) is 14.2 Å². The molecule has 0 bridgehead atoms. The average Bonchev–Trinajstić information content (AvgIpc) is 2.85. The molecule has 12 nitrogen and oxygen atoms in total. The third-order valence-corrected chi connectivity index (χ3v) is 4.16. The molecule has 0 aliphatic rings. The Balaban J connectivity index is 0.000000555. The van der Waals surface area contributed by atoms with Crippen molar-refractivity contribution >= 4 is 22.3 Å². The van der Waals surface area contributed by atoms with Crippen molar-refractivity contribution in [1.29, 1.82) is 0 Å². The molecule has 0 amide bonds. The Bertz CT molecular complexity index is 921. The van der Waals surface area contributed by atoms with Crippen LogP contribution >= 0.6 is 0 Å². The van der Waals surface area contributed by atoms with E-state index in [1.165, 1.54) is 11.1 Å². The van der Waals surface area contributed by atoms with Gasteiger partial charge in [0.1, 0.15) is 11.5 Å². The largest absolute Gasteiger partial charge is 0.759 e. The van der Waals surface area contributed by atoms with E-state index in [1.807, 2.05) is 62.6 Å². The fourth-order valence-electron chi connectivity index (χ4n) is 2.42. The monoisotopic (exact) mass is 510 g/mol. The van der Waals surface area contributed by atoms with Crippen LogP contribution in [0.2, 0.25) is 0 Å². The summed E-state index contributed by atoms with van der Waals surface area (Å²) in [4.78, 5) is 8.05. The van der Waals surface area contributed by atoms with Gasteiger partial charge in [0.2, 0.25) is 0 Å². The first-order valence-electron chi connectivity index (χ1n) is 10.3. The summed E-state index contributed by atoms with van der Waals surface area (Å²) in [6.07, 6.45) is 0. The highest BCUT2D eigenvalue weighted by atomic mass is 32.3. The van der Waals surface area contributed by atoms with Gasteiger partial charge >= 0.3 is 0 Å². The van der Waals surface area contributed by atoms with Crippen LogP contribution in [0.1, 0.15) is 11.1 Å². The van der Waals surface area contributed by atoms with Crippen molar-refractivity contribution in [3.8, 4) is 11.5 Å². The second-order valence-electron chi connectivity index (χ2n) is 6.46. The molecule has 196 valence electrons. The summed E-state index contributed by atoms with van der Waals surface area (Å²) >= 11 is 0. The Morgan fingerprint density at radius 1 is 0.743 bits per heavy atom. The molecule has 0 radical (unpaired) electrons. The summed E-state index contributed by atoms with van der Waals surface area (Å²) < 4.78 is 44.2. The fraction of sp³-hybridized carbons (Fsp3) is 0.364. The standard InChI is InChI=1S/2C11H17N3O.H2O4S/c2*1-12-11(13-2)14-8-9-4-6-10(15-3)7-5-9;1-5(2,3)4/h2*4-7H,8H2,1-3H3,(H2,12,13,14);(H2,1,2,3,4)/p-2. The highest BCUT2D eigenvalue weighted by Crippen LogP contribution is 2.11. The predicted octanol–water partition coefficient (Wildman–Crippen LogP) is 0.642. The summed E-state index contributed by atoms with van der Waals surface area (Å²) in [5.41, 5.74) is 2.37. The third-order valence-electron chi connectivity index (χ3n) is 4.16. The second-order valence-corrected chi connectivity index (χ2v) is 7.27. The first-order chi connectivity index (χ1) is 16.6. The van der Waals surface area contributed by atoms with Crippen LogP contribution in [-0.4, -0.2) is 71.9 Å². The number of benzene rings is 2. The zero-order valence-corrected chi connectivity index (χ0v) is 21.6. The maximum atomic E-state index is 8.52. The zero-order valence-electron chi connectivity index (χ0n) is 20.8. The number of ether oxygens (including phenoxy) is 2. The van der Waals surface area contributed by atoms with Gasteiger partial charge < -0.3 is 39.8 Å². The molecule has 0 spiro atoms. The van der Waals surface area contributed by atoms with Crippen LogP contribution in [0.25, 0.3) is 0 Å². The van der Waals surface area contributed by atoms with Gasteiger partial charge in [-0.25, -0.2) is 0 Å². The van der Waals surface area contributed by atoms with Crippen LogP contribution in [0.5, 0.6) is 11.5 Å². The smallest absolute Gasteiger partial charge is 0.190 e. The topological polar surface area (TPSA) is 172 Å². The van der Waals surface area contributed by atoms with Crippen molar-refractivity contribution in [2.75, 3.05) is 42.4 Å². The molecule has 0 unspecified atom stereocenters. The van der Waals surface area contributed by atoms with E-state index in [-0.39, 0.29) is 0 Å². The normalized spacial score (nSPS) is 11.1. The molecule has 0 fully saturated rings. The molecule has 0 saturated heterocycles. The van der Waals surface area contributed by atoms with Gasteiger partial charge in [-0.05, 0) is 35.4 Å². The maximum Gasteiger partial charge on any atom is 0.190 e. The maximum absolute atomic E-state index is 8.52. The third kappa shape index (κ3) is 16.7. The molecule has 13 heteroatoms. The summed E-state index contributed by atoms with van der Waals surface area (Å²) in [5, 5.41) is 12.3. The Morgan fingerprint density at radius 3 is 1.23 bits per heavy atom. The Labute approximate surface area is 207 Å². The van der Waals surface area contributed by atoms with E-state index in [0.717, 1.165) is 36.5 Å². The number of guanidine groups is 2. The molecule has 0 aliphatic carbocycles. The molecule has 0 atom stereocenters. The van der Waals surface area contributed by atoms with Gasteiger partial charge in [0, 0.05) is 51.7 Å². The molecule has 0 heterocycles. The van der Waals surface area contributed by atoms with Crippen molar-refractivity contribution in [3.63, 3.8) is 0 Å². The van der Waals surface area contributed by atoms with Crippen LogP contribution in [0.15, 0.2) is 58.5 Å². The molecule has 2 aromatic rings.